The molecular formula is C17H19NO4. The number of carbonyl (C=O) groups is 2. The fraction of sp³-hybridized carbons (Fsp3) is 0.353. The Morgan fingerprint density at radius 3 is 2.82 bits per heavy atom. The number of likely N-dealkylation sites (tertiary alicyclic amines) is 1. The smallest absolute Gasteiger partial charge is 0.311 e. The largest absolute Gasteiger partial charge is 0.497 e. The summed E-state index contributed by atoms with van der Waals surface area (Å²) < 4.78 is 10.2. The molecule has 1 aromatic carbocycles. The fourth-order valence-corrected chi connectivity index (χ4v) is 2.33. The van der Waals surface area contributed by atoms with Crippen LogP contribution in [0, 0.1) is 5.92 Å². The van der Waals surface area contributed by atoms with E-state index < -0.39 is 5.92 Å². The van der Waals surface area contributed by atoms with E-state index >= 15 is 0 Å². The second kappa shape index (κ2) is 7.48. The second-order valence-electron chi connectivity index (χ2n) is 5.06. The van der Waals surface area contributed by atoms with Gasteiger partial charge in [-0.2, -0.15) is 0 Å². The van der Waals surface area contributed by atoms with Crippen molar-refractivity contribution in [3.05, 3.63) is 48.2 Å². The maximum Gasteiger partial charge on any atom is 0.311 e. The van der Waals surface area contributed by atoms with Crippen molar-refractivity contribution in [2.75, 3.05) is 20.3 Å². The number of benzene rings is 1. The Balaban J connectivity index is 1.91. The molecule has 116 valence electrons. The van der Waals surface area contributed by atoms with Crippen molar-refractivity contribution in [2.45, 2.75) is 13.0 Å². The molecule has 0 aliphatic carbocycles. The minimum atomic E-state index is -0.399. The molecule has 1 saturated heterocycles. The van der Waals surface area contributed by atoms with Crippen molar-refractivity contribution in [1.29, 1.82) is 0 Å². The first kappa shape index (κ1) is 15.9. The van der Waals surface area contributed by atoms with E-state index in [0.717, 1.165) is 11.3 Å². The molecule has 1 aliphatic rings. The van der Waals surface area contributed by atoms with Gasteiger partial charge in [0.2, 0.25) is 5.91 Å². The highest BCUT2D eigenvalue weighted by atomic mass is 16.5. The molecule has 1 aromatic rings. The maximum atomic E-state index is 12.0. The zero-order valence-corrected chi connectivity index (χ0v) is 12.6. The van der Waals surface area contributed by atoms with Gasteiger partial charge in [0, 0.05) is 19.5 Å². The number of rotatable bonds is 6. The number of carbonyl (C=O) groups excluding carboxylic acids is 2. The summed E-state index contributed by atoms with van der Waals surface area (Å²) in [6.45, 7) is 4.42. The van der Waals surface area contributed by atoms with Gasteiger partial charge in [-0.1, -0.05) is 18.7 Å². The van der Waals surface area contributed by atoms with Crippen LogP contribution in [-0.4, -0.2) is 37.0 Å². The van der Waals surface area contributed by atoms with Crippen LogP contribution in [0.2, 0.25) is 0 Å². The molecule has 22 heavy (non-hydrogen) atoms. The molecule has 2 rings (SSSR count). The normalized spacial score (nSPS) is 17.0. The Labute approximate surface area is 129 Å². The number of hydrogen-bond donors (Lipinski definition) is 0. The molecule has 0 aromatic heterocycles. The molecule has 0 saturated carbocycles. The topological polar surface area (TPSA) is 55.8 Å². The zero-order valence-electron chi connectivity index (χ0n) is 12.6. The van der Waals surface area contributed by atoms with Crippen LogP contribution in [-0.2, 0) is 20.9 Å². The van der Waals surface area contributed by atoms with Gasteiger partial charge in [0.25, 0.3) is 0 Å². The third kappa shape index (κ3) is 3.99. The highest BCUT2D eigenvalue weighted by molar-refractivity contribution is 5.86. The van der Waals surface area contributed by atoms with Crippen molar-refractivity contribution in [3.8, 4) is 5.75 Å². The van der Waals surface area contributed by atoms with E-state index in [1.807, 2.05) is 24.3 Å². The highest BCUT2D eigenvalue weighted by Gasteiger charge is 2.35. The van der Waals surface area contributed by atoms with E-state index in [1.165, 1.54) is 6.08 Å². The summed E-state index contributed by atoms with van der Waals surface area (Å²) in [5.41, 5.74) is 3.53. The molecule has 1 fully saturated rings. The summed E-state index contributed by atoms with van der Waals surface area (Å²) in [4.78, 5) is 25.5. The Hall–Kier alpha value is -2.52. The first-order chi connectivity index (χ1) is 10.6. The van der Waals surface area contributed by atoms with E-state index in [0.29, 0.717) is 13.1 Å². The van der Waals surface area contributed by atoms with Gasteiger partial charge >= 0.3 is 5.97 Å². The van der Waals surface area contributed by atoms with Crippen molar-refractivity contribution in [1.82, 2.24) is 4.90 Å². The van der Waals surface area contributed by atoms with E-state index in [2.05, 4.69) is 12.3 Å². The molecule has 1 heterocycles. The van der Waals surface area contributed by atoms with Gasteiger partial charge in [0.05, 0.1) is 13.0 Å². The van der Waals surface area contributed by atoms with Crippen LogP contribution in [0.1, 0.15) is 12.0 Å². The highest BCUT2D eigenvalue weighted by Crippen LogP contribution is 2.22. The van der Waals surface area contributed by atoms with E-state index in [1.54, 1.807) is 12.0 Å². The third-order valence-electron chi connectivity index (χ3n) is 3.53. The molecule has 0 radical (unpaired) electrons. The second-order valence-corrected chi connectivity index (χ2v) is 5.06. The zero-order chi connectivity index (χ0) is 15.9. The van der Waals surface area contributed by atoms with Crippen molar-refractivity contribution in [3.63, 3.8) is 0 Å². The Bertz CT molecular complexity index is 587. The van der Waals surface area contributed by atoms with Gasteiger partial charge in [0.1, 0.15) is 12.4 Å². The molecule has 1 unspecified atom stereocenters. The summed E-state index contributed by atoms with van der Waals surface area (Å²) in [5, 5.41) is 0. The van der Waals surface area contributed by atoms with Gasteiger partial charge in [-0.15, -0.1) is 5.73 Å². The van der Waals surface area contributed by atoms with E-state index in [9.17, 15) is 9.59 Å². The molecule has 5 nitrogen and oxygen atoms in total. The van der Waals surface area contributed by atoms with Crippen LogP contribution < -0.4 is 4.74 Å². The Morgan fingerprint density at radius 2 is 2.18 bits per heavy atom. The van der Waals surface area contributed by atoms with Crippen LogP contribution in [0.5, 0.6) is 5.75 Å². The monoisotopic (exact) mass is 301 g/mol. The fourth-order valence-electron chi connectivity index (χ4n) is 2.33. The average molecular weight is 301 g/mol. The van der Waals surface area contributed by atoms with Crippen LogP contribution in [0.15, 0.2) is 42.7 Å². The lowest BCUT2D eigenvalue weighted by Gasteiger charge is -2.16. The quantitative estimate of drug-likeness (QED) is 0.595. The number of methoxy groups -OCH3 is 1. The predicted octanol–water partition coefficient (Wildman–Crippen LogP) is 1.93. The standard InChI is InChI=1S/C17H19NO4/c1-3-4-9-22-17(20)14-10-16(19)18(12-14)11-13-5-7-15(21-2)8-6-13/h4-8,14H,1,9-12H2,2H3. The minimum absolute atomic E-state index is 0.0305. The van der Waals surface area contributed by atoms with Crippen LogP contribution in [0.25, 0.3) is 0 Å². The van der Waals surface area contributed by atoms with Crippen molar-refractivity contribution < 1.29 is 19.1 Å². The first-order valence-electron chi connectivity index (χ1n) is 7.05. The van der Waals surface area contributed by atoms with Crippen LogP contribution in [0.4, 0.5) is 0 Å². The van der Waals surface area contributed by atoms with Crippen molar-refractivity contribution in [2.24, 2.45) is 5.92 Å². The molecule has 1 aliphatic heterocycles. The van der Waals surface area contributed by atoms with Gasteiger partial charge in [-0.25, -0.2) is 0 Å². The van der Waals surface area contributed by atoms with Crippen LogP contribution >= 0.6 is 0 Å². The molecule has 1 atom stereocenters. The van der Waals surface area contributed by atoms with Gasteiger partial charge < -0.3 is 14.4 Å². The molecule has 1 amide bonds. The lowest BCUT2D eigenvalue weighted by Crippen LogP contribution is -2.26. The lowest BCUT2D eigenvalue weighted by atomic mass is 10.1. The molecule has 5 heteroatoms. The molecule has 0 bridgehead atoms. The SMILES string of the molecule is C=C=CCOC(=O)C1CC(=O)N(Cc2ccc(OC)cc2)C1. The number of amides is 1. The minimum Gasteiger partial charge on any atom is -0.497 e. The van der Waals surface area contributed by atoms with Gasteiger partial charge in [-0.05, 0) is 23.8 Å². The molecule has 0 N–H and O–H groups in total. The predicted molar refractivity (Wildman–Crippen MR) is 81.2 cm³/mol. The summed E-state index contributed by atoms with van der Waals surface area (Å²) >= 11 is 0. The number of esters is 1. The summed E-state index contributed by atoms with van der Waals surface area (Å²) in [6, 6.07) is 7.52. The van der Waals surface area contributed by atoms with Gasteiger partial charge in [0.15, 0.2) is 0 Å². The third-order valence-corrected chi connectivity index (χ3v) is 3.53. The van der Waals surface area contributed by atoms with Crippen molar-refractivity contribution >= 4 is 11.9 Å². The Kier molecular flexibility index (Phi) is 5.39. The summed E-state index contributed by atoms with van der Waals surface area (Å²) in [5.74, 6) is -0.00805. The lowest BCUT2D eigenvalue weighted by molar-refractivity contribution is -0.147. The number of hydrogen-bond acceptors (Lipinski definition) is 4. The Morgan fingerprint density at radius 1 is 1.45 bits per heavy atom. The van der Waals surface area contributed by atoms with Gasteiger partial charge in [-0.3, -0.25) is 9.59 Å². The summed E-state index contributed by atoms with van der Waals surface area (Å²) in [6.07, 6.45) is 1.73. The first-order valence-corrected chi connectivity index (χ1v) is 7.05. The van der Waals surface area contributed by atoms with E-state index in [-0.39, 0.29) is 24.9 Å². The number of ether oxygens (including phenoxy) is 2. The maximum absolute atomic E-state index is 12.0. The molecular weight excluding hydrogens is 282 g/mol. The van der Waals surface area contributed by atoms with E-state index in [4.69, 9.17) is 9.47 Å². The number of nitrogens with zero attached hydrogens (tertiary/aromatic N) is 1. The summed E-state index contributed by atoms with van der Waals surface area (Å²) in [7, 11) is 1.61. The molecule has 0 spiro atoms. The average Bonchev–Trinajstić information content (AvgIpc) is 2.89. The van der Waals surface area contributed by atoms with Crippen LogP contribution in [0.3, 0.4) is 0 Å².